The van der Waals surface area contributed by atoms with Crippen LogP contribution in [0.1, 0.15) is 50.5 Å². The first-order valence-corrected chi connectivity index (χ1v) is 10.5. The Kier molecular flexibility index (Phi) is 5.38. The summed E-state index contributed by atoms with van der Waals surface area (Å²) in [7, 11) is 0. The molecule has 25 heavy (non-hydrogen) atoms. The third kappa shape index (κ3) is 3.90. The van der Waals surface area contributed by atoms with Crippen LogP contribution in [-0.2, 0) is 5.60 Å². The molecular formula is C21H31ClN2O. The number of rotatable bonds is 3. The van der Waals surface area contributed by atoms with Gasteiger partial charge in [-0.15, -0.1) is 0 Å². The molecule has 1 N–H and O–H groups in total. The van der Waals surface area contributed by atoms with Crippen molar-refractivity contribution >= 4 is 11.6 Å². The molecule has 4 heteroatoms. The Labute approximate surface area is 157 Å². The first-order valence-electron chi connectivity index (χ1n) is 10.1. The maximum atomic E-state index is 11.1. The summed E-state index contributed by atoms with van der Waals surface area (Å²) in [5, 5.41) is 11.8. The maximum Gasteiger partial charge on any atom is 0.0920 e. The van der Waals surface area contributed by atoms with E-state index in [1.165, 1.54) is 51.7 Å². The van der Waals surface area contributed by atoms with E-state index in [1.54, 1.807) is 0 Å². The molecule has 3 aliphatic heterocycles. The molecular weight excluding hydrogens is 332 g/mol. The fraction of sp³-hybridized carbons (Fsp3) is 0.714. The van der Waals surface area contributed by atoms with Gasteiger partial charge in [0.25, 0.3) is 0 Å². The Hall–Kier alpha value is -0.610. The van der Waals surface area contributed by atoms with Gasteiger partial charge in [-0.05, 0) is 75.2 Å². The number of piperidine rings is 3. The fourth-order valence-corrected chi connectivity index (χ4v) is 5.40. The SMILES string of the molecule is OC1(c2ccc(Cl)cc2)CCN(C[C@@H]2CCCN3CCCC[C@H]23)CC1. The summed E-state index contributed by atoms with van der Waals surface area (Å²) >= 11 is 5.99. The fourth-order valence-electron chi connectivity index (χ4n) is 5.28. The number of hydrogen-bond donors (Lipinski definition) is 1. The lowest BCUT2D eigenvalue weighted by molar-refractivity contribution is -0.0370. The van der Waals surface area contributed by atoms with Crippen LogP contribution >= 0.6 is 11.6 Å². The van der Waals surface area contributed by atoms with Crippen molar-refractivity contribution < 1.29 is 5.11 Å². The molecule has 4 rings (SSSR count). The second-order valence-electron chi connectivity index (χ2n) is 8.34. The van der Waals surface area contributed by atoms with E-state index in [4.69, 9.17) is 11.6 Å². The van der Waals surface area contributed by atoms with Crippen molar-refractivity contribution in [2.45, 2.75) is 56.6 Å². The third-order valence-corrected chi connectivity index (χ3v) is 7.04. The molecule has 1 aromatic rings. The van der Waals surface area contributed by atoms with Gasteiger partial charge in [-0.2, -0.15) is 0 Å². The Bertz CT molecular complexity index is 566. The summed E-state index contributed by atoms with van der Waals surface area (Å²) in [6.07, 6.45) is 8.61. The van der Waals surface area contributed by atoms with Crippen LogP contribution in [0.5, 0.6) is 0 Å². The molecule has 0 unspecified atom stereocenters. The van der Waals surface area contributed by atoms with Gasteiger partial charge in [-0.3, -0.25) is 0 Å². The van der Waals surface area contributed by atoms with Gasteiger partial charge in [0, 0.05) is 30.7 Å². The standard InChI is InChI=1S/C21H31ClN2O/c22-19-8-6-18(7-9-19)21(25)10-14-23(15-11-21)16-17-4-3-13-24-12-2-1-5-20(17)24/h6-9,17,20,25H,1-5,10-16H2/t17-,20+/m0/s1. The Balaban J connectivity index is 1.34. The molecule has 3 aliphatic rings. The van der Waals surface area contributed by atoms with Crippen LogP contribution in [0.3, 0.4) is 0 Å². The Morgan fingerprint density at radius 2 is 1.68 bits per heavy atom. The quantitative estimate of drug-likeness (QED) is 0.883. The molecule has 138 valence electrons. The Morgan fingerprint density at radius 1 is 0.960 bits per heavy atom. The van der Waals surface area contributed by atoms with E-state index in [-0.39, 0.29) is 0 Å². The number of aliphatic hydroxyl groups is 1. The van der Waals surface area contributed by atoms with Crippen LogP contribution in [0.2, 0.25) is 5.02 Å². The normalized spacial score (nSPS) is 30.8. The van der Waals surface area contributed by atoms with Crippen molar-refractivity contribution in [2.75, 3.05) is 32.7 Å². The number of benzene rings is 1. The van der Waals surface area contributed by atoms with Gasteiger partial charge in [0.2, 0.25) is 0 Å². The van der Waals surface area contributed by atoms with Crippen LogP contribution in [0.4, 0.5) is 0 Å². The minimum atomic E-state index is -0.676. The lowest BCUT2D eigenvalue weighted by Gasteiger charge is -2.47. The monoisotopic (exact) mass is 362 g/mol. The summed E-state index contributed by atoms with van der Waals surface area (Å²) in [6, 6.07) is 8.57. The van der Waals surface area contributed by atoms with Crippen molar-refractivity contribution in [1.29, 1.82) is 0 Å². The number of nitrogens with zero attached hydrogens (tertiary/aromatic N) is 2. The largest absolute Gasteiger partial charge is 0.385 e. The van der Waals surface area contributed by atoms with Crippen molar-refractivity contribution in [1.82, 2.24) is 9.80 Å². The molecule has 3 fully saturated rings. The zero-order valence-corrected chi connectivity index (χ0v) is 15.9. The topological polar surface area (TPSA) is 26.7 Å². The van der Waals surface area contributed by atoms with Crippen molar-refractivity contribution in [3.05, 3.63) is 34.9 Å². The van der Waals surface area contributed by atoms with Crippen molar-refractivity contribution in [3.63, 3.8) is 0 Å². The summed E-state index contributed by atoms with van der Waals surface area (Å²) < 4.78 is 0. The van der Waals surface area contributed by atoms with Crippen molar-refractivity contribution in [3.8, 4) is 0 Å². The van der Waals surface area contributed by atoms with Gasteiger partial charge in [-0.1, -0.05) is 30.2 Å². The summed E-state index contributed by atoms with van der Waals surface area (Å²) in [5.41, 5.74) is 0.345. The molecule has 1 aromatic carbocycles. The summed E-state index contributed by atoms with van der Waals surface area (Å²) in [5.74, 6) is 0.829. The molecule has 0 saturated carbocycles. The highest BCUT2D eigenvalue weighted by Crippen LogP contribution is 2.36. The first kappa shape index (κ1) is 17.8. The van der Waals surface area contributed by atoms with Crippen LogP contribution in [0.15, 0.2) is 24.3 Å². The minimum absolute atomic E-state index is 0.676. The van der Waals surface area contributed by atoms with Gasteiger partial charge < -0.3 is 14.9 Å². The molecule has 0 bridgehead atoms. The lowest BCUT2D eigenvalue weighted by atomic mass is 9.81. The van der Waals surface area contributed by atoms with Crippen LogP contribution in [0, 0.1) is 5.92 Å². The second-order valence-corrected chi connectivity index (χ2v) is 8.78. The van der Waals surface area contributed by atoms with Gasteiger partial charge in [0.15, 0.2) is 0 Å². The zero-order valence-electron chi connectivity index (χ0n) is 15.2. The van der Waals surface area contributed by atoms with E-state index in [2.05, 4.69) is 9.80 Å². The summed E-state index contributed by atoms with van der Waals surface area (Å²) in [6.45, 7) is 5.86. The van der Waals surface area contributed by atoms with E-state index >= 15 is 0 Å². The highest BCUT2D eigenvalue weighted by molar-refractivity contribution is 6.30. The van der Waals surface area contributed by atoms with Gasteiger partial charge in [-0.25, -0.2) is 0 Å². The number of halogens is 1. The highest BCUT2D eigenvalue weighted by Gasteiger charge is 2.37. The predicted molar refractivity (Wildman–Crippen MR) is 103 cm³/mol. The molecule has 0 aromatic heterocycles. The number of likely N-dealkylation sites (tertiary alicyclic amines) is 1. The third-order valence-electron chi connectivity index (χ3n) is 6.79. The molecule has 0 radical (unpaired) electrons. The van der Waals surface area contributed by atoms with E-state index in [0.29, 0.717) is 0 Å². The Morgan fingerprint density at radius 3 is 2.44 bits per heavy atom. The molecule has 0 aliphatic carbocycles. The highest BCUT2D eigenvalue weighted by atomic mass is 35.5. The maximum absolute atomic E-state index is 11.1. The number of fused-ring (bicyclic) bond motifs is 1. The smallest absolute Gasteiger partial charge is 0.0920 e. The van der Waals surface area contributed by atoms with Crippen molar-refractivity contribution in [2.24, 2.45) is 5.92 Å². The van der Waals surface area contributed by atoms with E-state index in [1.807, 2.05) is 24.3 Å². The molecule has 0 spiro atoms. The summed E-state index contributed by atoms with van der Waals surface area (Å²) in [4.78, 5) is 5.36. The van der Waals surface area contributed by atoms with Gasteiger partial charge in [0.05, 0.1) is 5.60 Å². The van der Waals surface area contributed by atoms with Gasteiger partial charge >= 0.3 is 0 Å². The van der Waals surface area contributed by atoms with E-state index in [9.17, 15) is 5.11 Å². The van der Waals surface area contributed by atoms with E-state index in [0.717, 1.165) is 48.5 Å². The van der Waals surface area contributed by atoms with Crippen LogP contribution < -0.4 is 0 Å². The van der Waals surface area contributed by atoms with E-state index < -0.39 is 5.60 Å². The lowest BCUT2D eigenvalue weighted by Crippen LogP contribution is -2.52. The molecule has 3 saturated heterocycles. The average molecular weight is 363 g/mol. The molecule has 2 atom stereocenters. The van der Waals surface area contributed by atoms with Gasteiger partial charge in [0.1, 0.15) is 0 Å². The average Bonchev–Trinajstić information content (AvgIpc) is 2.64. The van der Waals surface area contributed by atoms with Crippen LogP contribution in [0.25, 0.3) is 0 Å². The molecule has 3 nitrogen and oxygen atoms in total. The number of hydrogen-bond acceptors (Lipinski definition) is 3. The molecule has 0 amide bonds. The predicted octanol–water partition coefficient (Wildman–Crippen LogP) is 3.89. The minimum Gasteiger partial charge on any atom is -0.385 e. The zero-order chi connectivity index (χ0) is 17.3. The first-order chi connectivity index (χ1) is 12.1. The molecule has 3 heterocycles. The van der Waals surface area contributed by atoms with Crippen LogP contribution in [-0.4, -0.2) is 53.7 Å². The second kappa shape index (κ2) is 7.56.